The van der Waals surface area contributed by atoms with Gasteiger partial charge in [0, 0.05) is 16.3 Å². The van der Waals surface area contributed by atoms with Gasteiger partial charge in [0.25, 0.3) is 5.91 Å². The highest BCUT2D eigenvalue weighted by atomic mass is 35.5. The predicted octanol–water partition coefficient (Wildman–Crippen LogP) is 4.35. The molecule has 19 heavy (non-hydrogen) atoms. The number of nitrogens with one attached hydrogen (secondary N) is 1. The van der Waals surface area contributed by atoms with Gasteiger partial charge >= 0.3 is 0 Å². The highest BCUT2D eigenvalue weighted by Gasteiger charge is 2.09. The Morgan fingerprint density at radius 2 is 1.79 bits per heavy atom. The molecule has 0 spiro atoms. The Kier molecular flexibility index (Phi) is 3.86. The molecule has 0 heterocycles. The van der Waals surface area contributed by atoms with Crippen LogP contribution >= 0.6 is 11.6 Å². The van der Waals surface area contributed by atoms with Gasteiger partial charge in [-0.05, 0) is 49.2 Å². The van der Waals surface area contributed by atoms with Crippen LogP contribution in [0.25, 0.3) is 0 Å². The van der Waals surface area contributed by atoms with Crippen LogP contribution in [0.1, 0.15) is 21.5 Å². The standard InChI is InChI=1S/C15H13ClFNO/c1-9-4-6-12(8-13(9)16)18-15(19)11-5-3-10(2)14(17)7-11/h3-8H,1-2H3,(H,18,19). The van der Waals surface area contributed by atoms with E-state index in [1.165, 1.54) is 6.07 Å². The average molecular weight is 278 g/mol. The monoisotopic (exact) mass is 277 g/mol. The normalized spacial score (nSPS) is 10.3. The van der Waals surface area contributed by atoms with Crippen LogP contribution in [-0.4, -0.2) is 5.91 Å². The topological polar surface area (TPSA) is 29.1 Å². The second-order valence-corrected chi connectivity index (χ2v) is 4.79. The number of benzene rings is 2. The molecule has 2 nitrogen and oxygen atoms in total. The number of anilines is 1. The van der Waals surface area contributed by atoms with Crippen molar-refractivity contribution in [3.63, 3.8) is 0 Å². The van der Waals surface area contributed by atoms with Crippen molar-refractivity contribution in [2.75, 3.05) is 5.32 Å². The average Bonchev–Trinajstić information content (AvgIpc) is 2.37. The molecule has 0 aromatic heterocycles. The summed E-state index contributed by atoms with van der Waals surface area (Å²) in [6.07, 6.45) is 0. The van der Waals surface area contributed by atoms with Crippen LogP contribution in [0.15, 0.2) is 36.4 Å². The van der Waals surface area contributed by atoms with E-state index in [0.717, 1.165) is 5.56 Å². The SMILES string of the molecule is Cc1ccc(C(=O)Nc2ccc(C)c(Cl)c2)cc1F. The van der Waals surface area contributed by atoms with Crippen molar-refractivity contribution in [1.29, 1.82) is 0 Å². The molecule has 1 amide bonds. The minimum Gasteiger partial charge on any atom is -0.322 e. The summed E-state index contributed by atoms with van der Waals surface area (Å²) in [6.45, 7) is 3.53. The molecule has 0 aliphatic heterocycles. The molecule has 0 saturated heterocycles. The number of amides is 1. The summed E-state index contributed by atoms with van der Waals surface area (Å²) >= 11 is 5.98. The number of hydrogen-bond donors (Lipinski definition) is 1. The van der Waals surface area contributed by atoms with Gasteiger partial charge in [-0.2, -0.15) is 0 Å². The number of rotatable bonds is 2. The van der Waals surface area contributed by atoms with Gasteiger partial charge in [0.2, 0.25) is 0 Å². The van der Waals surface area contributed by atoms with Gasteiger partial charge in [0.1, 0.15) is 5.82 Å². The van der Waals surface area contributed by atoms with Crippen LogP contribution < -0.4 is 5.32 Å². The third-order valence-corrected chi connectivity index (χ3v) is 3.27. The smallest absolute Gasteiger partial charge is 0.255 e. The Morgan fingerprint density at radius 1 is 1.11 bits per heavy atom. The van der Waals surface area contributed by atoms with Crippen LogP contribution in [0.4, 0.5) is 10.1 Å². The third-order valence-electron chi connectivity index (χ3n) is 2.86. The Bertz CT molecular complexity index is 640. The lowest BCUT2D eigenvalue weighted by molar-refractivity contribution is 0.102. The second-order valence-electron chi connectivity index (χ2n) is 4.38. The van der Waals surface area contributed by atoms with Crippen LogP contribution in [0.3, 0.4) is 0 Å². The highest BCUT2D eigenvalue weighted by Crippen LogP contribution is 2.20. The summed E-state index contributed by atoms with van der Waals surface area (Å²) in [5.74, 6) is -0.756. The van der Waals surface area contributed by atoms with Crippen molar-refractivity contribution in [2.45, 2.75) is 13.8 Å². The molecule has 0 bridgehead atoms. The zero-order valence-electron chi connectivity index (χ0n) is 10.6. The van der Waals surface area contributed by atoms with Crippen molar-refractivity contribution in [2.24, 2.45) is 0 Å². The molecule has 2 aromatic rings. The lowest BCUT2D eigenvalue weighted by atomic mass is 10.1. The molecule has 98 valence electrons. The third kappa shape index (κ3) is 3.12. The Balaban J connectivity index is 2.20. The first-order valence-corrected chi connectivity index (χ1v) is 6.19. The Hall–Kier alpha value is -1.87. The molecule has 2 aromatic carbocycles. The van der Waals surface area contributed by atoms with E-state index in [1.54, 1.807) is 31.2 Å². The summed E-state index contributed by atoms with van der Waals surface area (Å²) in [5.41, 5.74) is 2.30. The largest absolute Gasteiger partial charge is 0.322 e. The first-order valence-electron chi connectivity index (χ1n) is 5.81. The van der Waals surface area contributed by atoms with Crippen LogP contribution in [-0.2, 0) is 0 Å². The van der Waals surface area contributed by atoms with Gasteiger partial charge in [-0.3, -0.25) is 4.79 Å². The second kappa shape index (κ2) is 5.41. The van der Waals surface area contributed by atoms with E-state index in [2.05, 4.69) is 5.32 Å². The van der Waals surface area contributed by atoms with E-state index in [0.29, 0.717) is 16.3 Å². The summed E-state index contributed by atoms with van der Waals surface area (Å²) in [6, 6.07) is 9.62. The summed E-state index contributed by atoms with van der Waals surface area (Å²) in [4.78, 5) is 12.0. The molecular formula is C15H13ClFNO. The molecular weight excluding hydrogens is 265 g/mol. The van der Waals surface area contributed by atoms with Crippen molar-refractivity contribution < 1.29 is 9.18 Å². The molecule has 0 radical (unpaired) electrons. The zero-order valence-corrected chi connectivity index (χ0v) is 11.4. The van der Waals surface area contributed by atoms with E-state index in [9.17, 15) is 9.18 Å². The van der Waals surface area contributed by atoms with Crippen molar-refractivity contribution in [3.05, 3.63) is 63.9 Å². The van der Waals surface area contributed by atoms with Gasteiger partial charge < -0.3 is 5.32 Å². The number of hydrogen-bond acceptors (Lipinski definition) is 1. The lowest BCUT2D eigenvalue weighted by Crippen LogP contribution is -2.12. The molecule has 0 fully saturated rings. The molecule has 0 aliphatic rings. The van der Waals surface area contributed by atoms with Gasteiger partial charge in [-0.1, -0.05) is 23.7 Å². The maximum atomic E-state index is 13.4. The number of carbonyl (C=O) groups is 1. The van der Waals surface area contributed by atoms with E-state index < -0.39 is 5.82 Å². The maximum absolute atomic E-state index is 13.4. The van der Waals surface area contributed by atoms with E-state index in [1.807, 2.05) is 13.0 Å². The molecule has 0 atom stereocenters. The fourth-order valence-corrected chi connectivity index (χ4v) is 1.79. The molecule has 0 saturated carbocycles. The molecule has 1 N–H and O–H groups in total. The first-order chi connectivity index (χ1) is 8.97. The quantitative estimate of drug-likeness (QED) is 0.869. The maximum Gasteiger partial charge on any atom is 0.255 e. The van der Waals surface area contributed by atoms with Gasteiger partial charge in [0.15, 0.2) is 0 Å². The van der Waals surface area contributed by atoms with Gasteiger partial charge in [-0.25, -0.2) is 4.39 Å². The lowest BCUT2D eigenvalue weighted by Gasteiger charge is -2.07. The summed E-state index contributed by atoms with van der Waals surface area (Å²) in [5, 5.41) is 3.26. The molecule has 0 unspecified atom stereocenters. The first kappa shape index (κ1) is 13.6. The van der Waals surface area contributed by atoms with Gasteiger partial charge in [0.05, 0.1) is 0 Å². The van der Waals surface area contributed by atoms with Crippen molar-refractivity contribution >= 4 is 23.2 Å². The minimum atomic E-state index is -0.394. The number of aryl methyl sites for hydroxylation is 2. The molecule has 0 aliphatic carbocycles. The minimum absolute atomic E-state index is 0.278. The molecule has 4 heteroatoms. The van der Waals surface area contributed by atoms with E-state index in [-0.39, 0.29) is 11.5 Å². The highest BCUT2D eigenvalue weighted by molar-refractivity contribution is 6.31. The molecule has 2 rings (SSSR count). The number of halogens is 2. The Morgan fingerprint density at radius 3 is 2.42 bits per heavy atom. The number of carbonyl (C=O) groups excluding carboxylic acids is 1. The van der Waals surface area contributed by atoms with E-state index in [4.69, 9.17) is 11.6 Å². The fraction of sp³-hybridized carbons (Fsp3) is 0.133. The predicted molar refractivity (Wildman–Crippen MR) is 75.3 cm³/mol. The summed E-state index contributed by atoms with van der Waals surface area (Å²) in [7, 11) is 0. The van der Waals surface area contributed by atoms with E-state index >= 15 is 0 Å². The van der Waals surface area contributed by atoms with Crippen molar-refractivity contribution in [1.82, 2.24) is 0 Å². The van der Waals surface area contributed by atoms with Crippen LogP contribution in [0.2, 0.25) is 5.02 Å². The van der Waals surface area contributed by atoms with Crippen LogP contribution in [0.5, 0.6) is 0 Å². The fourth-order valence-electron chi connectivity index (χ4n) is 1.61. The Labute approximate surface area is 116 Å². The van der Waals surface area contributed by atoms with Crippen molar-refractivity contribution in [3.8, 4) is 0 Å². The van der Waals surface area contributed by atoms with Crippen LogP contribution in [0, 0.1) is 19.7 Å². The zero-order chi connectivity index (χ0) is 14.0. The van der Waals surface area contributed by atoms with Gasteiger partial charge in [-0.15, -0.1) is 0 Å². The summed E-state index contributed by atoms with van der Waals surface area (Å²) < 4.78 is 13.4.